The molecule has 1 aromatic heterocycles. The Bertz CT molecular complexity index is 1140. The molecular weight excluding hydrogens is 449 g/mol. The predicted molar refractivity (Wildman–Crippen MR) is 118 cm³/mol. The molecule has 0 radical (unpaired) electrons. The van der Waals surface area contributed by atoms with Crippen LogP contribution in [0.4, 0.5) is 25.2 Å². The molecule has 0 atom stereocenters. The van der Waals surface area contributed by atoms with Crippen LogP contribution >= 0.6 is 7.81 Å². The number of rotatable bonds is 3. The molecule has 0 saturated heterocycles. The summed E-state index contributed by atoms with van der Waals surface area (Å²) in [5.74, 6) is 1.75. The van der Waals surface area contributed by atoms with Gasteiger partial charge in [-0.05, 0) is 42.3 Å². The summed E-state index contributed by atoms with van der Waals surface area (Å²) in [6.07, 6.45) is 0. The summed E-state index contributed by atoms with van der Waals surface area (Å²) in [5, 5.41) is 0. The van der Waals surface area contributed by atoms with Crippen molar-refractivity contribution in [1.29, 1.82) is 0 Å². The maximum atomic E-state index is 9.87. The Morgan fingerprint density at radius 3 is 1.31 bits per heavy atom. The second-order valence-corrected chi connectivity index (χ2v) is 9.00. The number of hydrogen-bond donors (Lipinski definition) is 0. The summed E-state index contributed by atoms with van der Waals surface area (Å²) in [6, 6.07) is 33.2. The van der Waals surface area contributed by atoms with Crippen LogP contribution in [0.25, 0.3) is 33.8 Å². The fraction of sp³-hybridized carbons (Fsp3) is 0.0417. The minimum absolute atomic E-state index is 0.875. The van der Waals surface area contributed by atoms with Gasteiger partial charge in [0.15, 0.2) is 0 Å². The summed E-state index contributed by atoms with van der Waals surface area (Å²) in [4.78, 5) is 0. The summed E-state index contributed by atoms with van der Waals surface area (Å²) in [5.41, 5.74) is 5.81. The molecule has 3 aromatic carbocycles. The molecule has 168 valence electrons. The van der Waals surface area contributed by atoms with E-state index >= 15 is 0 Å². The number of halogens is 6. The zero-order valence-electron chi connectivity index (χ0n) is 16.9. The second-order valence-electron chi connectivity index (χ2n) is 7.08. The van der Waals surface area contributed by atoms with E-state index in [0.29, 0.717) is 0 Å². The molecule has 0 saturated carbocycles. The maximum absolute atomic E-state index is 10.7. The first-order chi connectivity index (χ1) is 14.8. The standard InChI is InChI=1S/C24H19O.F6P/c1-18-10-8-9-15-22(18)21-16-23(19-11-4-2-5-12-19)25-24(17-21)20-13-6-3-7-14-20;1-7(2,3,4,5)6/h2-17H,1H3;/q+1;-1. The summed E-state index contributed by atoms with van der Waals surface area (Å²) < 4.78 is 65.4. The second kappa shape index (κ2) is 8.06. The first-order valence-electron chi connectivity index (χ1n) is 9.48. The van der Waals surface area contributed by atoms with Crippen molar-refractivity contribution in [3.05, 3.63) is 103 Å². The zero-order valence-corrected chi connectivity index (χ0v) is 17.8. The van der Waals surface area contributed by atoms with Crippen LogP contribution in [-0.4, -0.2) is 0 Å². The van der Waals surface area contributed by atoms with E-state index in [-0.39, 0.29) is 0 Å². The first-order valence-corrected chi connectivity index (χ1v) is 11.5. The molecule has 4 rings (SSSR count). The van der Waals surface area contributed by atoms with Gasteiger partial charge in [0.05, 0.1) is 23.3 Å². The molecule has 0 bridgehead atoms. The molecule has 8 heteroatoms. The van der Waals surface area contributed by atoms with Crippen molar-refractivity contribution in [2.45, 2.75) is 6.92 Å². The number of hydrogen-bond acceptors (Lipinski definition) is 0. The topological polar surface area (TPSA) is 11.3 Å². The molecule has 4 aromatic rings. The average molecular weight is 468 g/mol. The molecule has 32 heavy (non-hydrogen) atoms. The molecule has 0 aliphatic heterocycles. The van der Waals surface area contributed by atoms with E-state index in [2.05, 4.69) is 67.6 Å². The monoisotopic (exact) mass is 468 g/mol. The van der Waals surface area contributed by atoms with Gasteiger partial charge in [-0.1, -0.05) is 60.7 Å². The van der Waals surface area contributed by atoms with Gasteiger partial charge in [-0.15, -0.1) is 0 Å². The van der Waals surface area contributed by atoms with E-state index in [4.69, 9.17) is 4.42 Å². The number of aryl methyl sites for hydroxylation is 1. The fourth-order valence-corrected chi connectivity index (χ4v) is 3.04. The van der Waals surface area contributed by atoms with Crippen molar-refractivity contribution in [3.8, 4) is 33.8 Å². The van der Waals surface area contributed by atoms with Gasteiger partial charge in [0.1, 0.15) is 0 Å². The predicted octanol–water partition coefficient (Wildman–Crippen LogP) is 10.3. The van der Waals surface area contributed by atoms with Gasteiger partial charge in [-0.3, -0.25) is 0 Å². The van der Waals surface area contributed by atoms with Gasteiger partial charge >= 0.3 is 44.5 Å². The summed E-state index contributed by atoms with van der Waals surface area (Å²) >= 11 is 0. The summed E-state index contributed by atoms with van der Waals surface area (Å²) in [6.45, 7) is 2.14. The van der Waals surface area contributed by atoms with Crippen molar-refractivity contribution in [1.82, 2.24) is 0 Å². The van der Waals surface area contributed by atoms with Gasteiger partial charge in [0, 0.05) is 5.56 Å². The average Bonchev–Trinajstić information content (AvgIpc) is 2.73. The first kappa shape index (κ1) is 23.5. The molecule has 0 amide bonds. The Labute approximate surface area is 181 Å². The van der Waals surface area contributed by atoms with Crippen molar-refractivity contribution < 1.29 is 29.6 Å². The van der Waals surface area contributed by atoms with Crippen LogP contribution in [0.15, 0.2) is 101 Å². The minimum atomic E-state index is -10.7. The van der Waals surface area contributed by atoms with E-state index in [1.165, 1.54) is 16.7 Å². The van der Waals surface area contributed by atoms with Crippen LogP contribution in [0.5, 0.6) is 0 Å². The van der Waals surface area contributed by atoms with Crippen LogP contribution in [0.1, 0.15) is 5.56 Å². The van der Waals surface area contributed by atoms with E-state index in [1.54, 1.807) is 0 Å². The van der Waals surface area contributed by atoms with Crippen molar-refractivity contribution >= 4 is 7.81 Å². The van der Waals surface area contributed by atoms with Crippen LogP contribution in [0, 0.1) is 6.92 Å². The Hall–Kier alpha value is -3.18. The molecule has 0 unspecified atom stereocenters. The third-order valence-corrected chi connectivity index (χ3v) is 4.37. The van der Waals surface area contributed by atoms with Crippen molar-refractivity contribution in [3.63, 3.8) is 0 Å². The van der Waals surface area contributed by atoms with Crippen molar-refractivity contribution in [2.24, 2.45) is 0 Å². The van der Waals surface area contributed by atoms with Gasteiger partial charge in [0.2, 0.25) is 0 Å². The van der Waals surface area contributed by atoms with E-state index in [9.17, 15) is 25.2 Å². The third-order valence-electron chi connectivity index (χ3n) is 4.37. The Morgan fingerprint density at radius 2 is 0.906 bits per heavy atom. The summed E-state index contributed by atoms with van der Waals surface area (Å²) in [7, 11) is -10.7. The molecule has 0 fully saturated rings. The van der Waals surface area contributed by atoms with Gasteiger partial charge < -0.3 is 0 Å². The van der Waals surface area contributed by atoms with Crippen LogP contribution in [-0.2, 0) is 0 Å². The van der Waals surface area contributed by atoms with Crippen LogP contribution < -0.4 is 0 Å². The molecular formula is C24H19F6OP. The van der Waals surface area contributed by atoms with E-state index in [0.717, 1.165) is 22.6 Å². The molecule has 0 aliphatic rings. The normalized spacial score (nSPS) is 13.3. The quantitative estimate of drug-likeness (QED) is 0.165. The molecule has 0 N–H and O–H groups in total. The Balaban J connectivity index is 0.000000360. The molecule has 0 aliphatic carbocycles. The Morgan fingerprint density at radius 1 is 0.531 bits per heavy atom. The third kappa shape index (κ3) is 7.82. The van der Waals surface area contributed by atoms with Crippen molar-refractivity contribution in [2.75, 3.05) is 0 Å². The van der Waals surface area contributed by atoms with Gasteiger partial charge in [0.25, 0.3) is 0 Å². The SMILES string of the molecule is Cc1ccccc1-c1cc(-c2ccccc2)[o+]c(-c2ccccc2)c1.F[P-](F)(F)(F)(F)F. The van der Waals surface area contributed by atoms with Crippen LogP contribution in [0.3, 0.4) is 0 Å². The molecule has 1 heterocycles. The van der Waals surface area contributed by atoms with Crippen LogP contribution in [0.2, 0.25) is 0 Å². The van der Waals surface area contributed by atoms with Gasteiger partial charge in [-0.2, -0.15) is 0 Å². The van der Waals surface area contributed by atoms with Gasteiger partial charge in [-0.25, -0.2) is 4.42 Å². The molecule has 1 nitrogen and oxygen atoms in total. The Kier molecular flexibility index (Phi) is 5.92. The van der Waals surface area contributed by atoms with E-state index in [1.807, 2.05) is 36.4 Å². The number of benzene rings is 3. The fourth-order valence-electron chi connectivity index (χ4n) is 3.04. The molecule has 0 spiro atoms. The zero-order chi connectivity index (χ0) is 23.5. The van der Waals surface area contributed by atoms with E-state index < -0.39 is 7.81 Å².